The number of hydrogen-bond acceptors (Lipinski definition) is 6. The molecule has 0 bridgehead atoms. The van der Waals surface area contributed by atoms with Crippen molar-refractivity contribution in [3.05, 3.63) is 65.5 Å². The Balaban J connectivity index is 1.70. The molecular formula is C21H24N4O4S. The van der Waals surface area contributed by atoms with Gasteiger partial charge >= 0.3 is 0 Å². The Morgan fingerprint density at radius 2 is 1.57 bits per heavy atom. The van der Waals surface area contributed by atoms with Gasteiger partial charge in [-0.2, -0.15) is 4.98 Å². The van der Waals surface area contributed by atoms with E-state index in [1.807, 2.05) is 38.1 Å². The van der Waals surface area contributed by atoms with Crippen LogP contribution < -0.4 is 4.31 Å². The highest BCUT2D eigenvalue weighted by molar-refractivity contribution is 7.92. The minimum absolute atomic E-state index is 0.0726. The van der Waals surface area contributed by atoms with Crippen LogP contribution in [0.3, 0.4) is 0 Å². The zero-order valence-corrected chi connectivity index (χ0v) is 18.2. The van der Waals surface area contributed by atoms with Crippen molar-refractivity contribution in [2.75, 3.05) is 24.2 Å². The molecule has 0 atom stereocenters. The maximum atomic E-state index is 12.7. The van der Waals surface area contributed by atoms with Crippen molar-refractivity contribution in [2.24, 2.45) is 0 Å². The van der Waals surface area contributed by atoms with Crippen LogP contribution in [0.2, 0.25) is 0 Å². The molecule has 30 heavy (non-hydrogen) atoms. The molecule has 3 aromatic rings. The highest BCUT2D eigenvalue weighted by Crippen LogP contribution is 2.19. The average Bonchev–Trinajstić information content (AvgIpc) is 3.15. The zero-order valence-electron chi connectivity index (χ0n) is 17.4. The first kappa shape index (κ1) is 21.5. The predicted molar refractivity (Wildman–Crippen MR) is 114 cm³/mol. The summed E-state index contributed by atoms with van der Waals surface area (Å²) in [7, 11) is -2.07. The van der Waals surface area contributed by atoms with Gasteiger partial charge in [0, 0.05) is 12.6 Å². The molecule has 0 aliphatic heterocycles. The summed E-state index contributed by atoms with van der Waals surface area (Å²) in [5.74, 6) is 0.307. The summed E-state index contributed by atoms with van der Waals surface area (Å²) < 4.78 is 30.8. The largest absolute Gasteiger partial charge is 0.337 e. The number of nitrogens with zero attached hydrogens (tertiary/aromatic N) is 4. The summed E-state index contributed by atoms with van der Waals surface area (Å²) in [4.78, 5) is 18.4. The Morgan fingerprint density at radius 3 is 2.13 bits per heavy atom. The van der Waals surface area contributed by atoms with Crippen molar-refractivity contribution in [1.82, 2.24) is 15.0 Å². The van der Waals surface area contributed by atoms with Crippen LogP contribution in [-0.4, -0.2) is 49.2 Å². The SMILES string of the molecule is Cc1ccc(-c2noc(CN(C)C(=O)CN(c3ccc(C)cc3)S(C)(=O)=O)n2)cc1. The number of likely N-dealkylation sites (N-methyl/N-ethyl adjacent to an activating group) is 1. The number of hydrogen-bond donors (Lipinski definition) is 0. The normalized spacial score (nSPS) is 11.3. The molecule has 0 aliphatic rings. The number of aryl methyl sites for hydroxylation is 2. The molecule has 8 nitrogen and oxygen atoms in total. The lowest BCUT2D eigenvalue weighted by molar-refractivity contribution is -0.129. The number of rotatable bonds is 7. The Morgan fingerprint density at radius 1 is 1.00 bits per heavy atom. The minimum atomic E-state index is -3.63. The molecule has 0 aliphatic carbocycles. The van der Waals surface area contributed by atoms with Crippen LogP contribution in [0.5, 0.6) is 0 Å². The van der Waals surface area contributed by atoms with E-state index in [1.165, 1.54) is 4.90 Å². The summed E-state index contributed by atoms with van der Waals surface area (Å²) in [5, 5.41) is 3.95. The van der Waals surface area contributed by atoms with E-state index in [-0.39, 0.29) is 19.0 Å². The average molecular weight is 429 g/mol. The van der Waals surface area contributed by atoms with E-state index in [1.54, 1.807) is 31.3 Å². The Bertz CT molecular complexity index is 1120. The molecule has 158 valence electrons. The quantitative estimate of drug-likeness (QED) is 0.574. The van der Waals surface area contributed by atoms with Crippen molar-refractivity contribution >= 4 is 21.6 Å². The van der Waals surface area contributed by atoms with E-state index in [4.69, 9.17) is 4.52 Å². The Kier molecular flexibility index (Phi) is 6.21. The smallest absolute Gasteiger partial charge is 0.246 e. The molecule has 0 spiro atoms. The molecule has 0 unspecified atom stereocenters. The monoisotopic (exact) mass is 428 g/mol. The van der Waals surface area contributed by atoms with Crippen LogP contribution in [0, 0.1) is 13.8 Å². The fraction of sp³-hybridized carbons (Fsp3) is 0.286. The van der Waals surface area contributed by atoms with Gasteiger partial charge < -0.3 is 9.42 Å². The van der Waals surface area contributed by atoms with Crippen molar-refractivity contribution in [2.45, 2.75) is 20.4 Å². The van der Waals surface area contributed by atoms with E-state index in [0.29, 0.717) is 11.5 Å². The first-order valence-corrected chi connectivity index (χ1v) is 11.2. The van der Waals surface area contributed by atoms with E-state index in [2.05, 4.69) is 10.1 Å². The Labute approximate surface area is 176 Å². The van der Waals surface area contributed by atoms with Gasteiger partial charge in [-0.1, -0.05) is 52.7 Å². The summed E-state index contributed by atoms with van der Waals surface area (Å²) in [6, 6.07) is 14.6. The van der Waals surface area contributed by atoms with Gasteiger partial charge in [-0.25, -0.2) is 8.42 Å². The predicted octanol–water partition coefficient (Wildman–Crippen LogP) is 2.78. The van der Waals surface area contributed by atoms with Crippen molar-refractivity contribution in [1.29, 1.82) is 0 Å². The van der Waals surface area contributed by atoms with Gasteiger partial charge in [-0.3, -0.25) is 9.10 Å². The maximum absolute atomic E-state index is 12.7. The molecule has 1 aromatic heterocycles. The number of benzene rings is 2. The maximum Gasteiger partial charge on any atom is 0.246 e. The highest BCUT2D eigenvalue weighted by atomic mass is 32.2. The molecule has 0 fully saturated rings. The lowest BCUT2D eigenvalue weighted by atomic mass is 10.1. The van der Waals surface area contributed by atoms with Crippen molar-refractivity contribution in [3.8, 4) is 11.4 Å². The molecule has 1 amide bonds. The number of carbonyl (C=O) groups excluding carboxylic acids is 1. The van der Waals surface area contributed by atoms with Crippen LogP contribution in [-0.2, 0) is 21.4 Å². The molecule has 9 heteroatoms. The lowest BCUT2D eigenvalue weighted by Crippen LogP contribution is -2.41. The van der Waals surface area contributed by atoms with E-state index in [9.17, 15) is 13.2 Å². The first-order valence-electron chi connectivity index (χ1n) is 9.31. The third-order valence-electron chi connectivity index (χ3n) is 4.58. The molecule has 0 saturated heterocycles. The van der Waals surface area contributed by atoms with Crippen LogP contribution in [0.1, 0.15) is 17.0 Å². The number of sulfonamides is 1. The van der Waals surface area contributed by atoms with Crippen molar-refractivity contribution in [3.63, 3.8) is 0 Å². The van der Waals surface area contributed by atoms with Gasteiger partial charge in [-0.15, -0.1) is 0 Å². The van der Waals surface area contributed by atoms with Gasteiger partial charge in [0.25, 0.3) is 0 Å². The van der Waals surface area contributed by atoms with Gasteiger partial charge in [0.1, 0.15) is 6.54 Å². The number of aromatic nitrogens is 2. The van der Waals surface area contributed by atoms with E-state index >= 15 is 0 Å². The minimum Gasteiger partial charge on any atom is -0.337 e. The standard InChI is InChI=1S/C21H24N4O4S/c1-15-5-9-17(10-6-15)21-22-19(29-23-21)13-24(3)20(26)14-25(30(4,27)28)18-11-7-16(2)8-12-18/h5-12H,13-14H2,1-4H3. The van der Waals surface area contributed by atoms with Gasteiger partial charge in [-0.05, 0) is 26.0 Å². The second-order valence-electron chi connectivity index (χ2n) is 7.23. The summed E-state index contributed by atoms with van der Waals surface area (Å²) in [6.45, 7) is 3.64. The number of anilines is 1. The summed E-state index contributed by atoms with van der Waals surface area (Å²) in [5.41, 5.74) is 3.37. The van der Waals surface area contributed by atoms with Crippen molar-refractivity contribution < 1.29 is 17.7 Å². The zero-order chi connectivity index (χ0) is 21.9. The molecule has 0 saturated carbocycles. The second-order valence-corrected chi connectivity index (χ2v) is 9.14. The second kappa shape index (κ2) is 8.66. The van der Waals surface area contributed by atoms with Crippen LogP contribution in [0.25, 0.3) is 11.4 Å². The van der Waals surface area contributed by atoms with E-state index < -0.39 is 15.9 Å². The fourth-order valence-electron chi connectivity index (χ4n) is 2.78. The van der Waals surface area contributed by atoms with Gasteiger partial charge in [0.15, 0.2) is 0 Å². The van der Waals surface area contributed by atoms with Crippen LogP contribution >= 0.6 is 0 Å². The third-order valence-corrected chi connectivity index (χ3v) is 5.72. The molecule has 2 aromatic carbocycles. The molecule has 0 radical (unpaired) electrons. The molecule has 1 heterocycles. The first-order chi connectivity index (χ1) is 14.1. The number of carbonyl (C=O) groups is 1. The van der Waals surface area contributed by atoms with E-state index in [0.717, 1.165) is 27.3 Å². The Hall–Kier alpha value is -3.20. The highest BCUT2D eigenvalue weighted by Gasteiger charge is 2.23. The van der Waals surface area contributed by atoms with Crippen LogP contribution in [0.4, 0.5) is 5.69 Å². The topological polar surface area (TPSA) is 96.6 Å². The fourth-order valence-corrected chi connectivity index (χ4v) is 3.63. The van der Waals surface area contributed by atoms with Gasteiger partial charge in [0.2, 0.25) is 27.6 Å². The summed E-state index contributed by atoms with van der Waals surface area (Å²) >= 11 is 0. The number of amides is 1. The third kappa shape index (κ3) is 5.24. The molecule has 3 rings (SSSR count). The molecular weight excluding hydrogens is 404 g/mol. The van der Waals surface area contributed by atoms with Gasteiger partial charge in [0.05, 0.1) is 18.5 Å². The molecule has 0 N–H and O–H groups in total. The summed E-state index contributed by atoms with van der Waals surface area (Å²) in [6.07, 6.45) is 1.08. The lowest BCUT2D eigenvalue weighted by Gasteiger charge is -2.24. The van der Waals surface area contributed by atoms with Crippen LogP contribution in [0.15, 0.2) is 53.1 Å².